The lowest BCUT2D eigenvalue weighted by Crippen LogP contribution is -2.15. The maximum atomic E-state index is 12.7. The third kappa shape index (κ3) is 3.17. The summed E-state index contributed by atoms with van der Waals surface area (Å²) in [5, 5.41) is 6.79. The monoisotopic (exact) mass is 326 g/mol. The minimum absolute atomic E-state index is 0.000871. The Morgan fingerprint density at radius 3 is 2.71 bits per heavy atom. The highest BCUT2D eigenvalue weighted by atomic mass is 16.5. The number of benzene rings is 1. The van der Waals surface area contributed by atoms with Crippen molar-refractivity contribution < 1.29 is 18.5 Å². The number of aryl methyl sites for hydroxylation is 1. The van der Waals surface area contributed by atoms with Gasteiger partial charge < -0.3 is 19.0 Å². The van der Waals surface area contributed by atoms with Gasteiger partial charge in [-0.05, 0) is 45.0 Å². The molecule has 0 aliphatic carbocycles. The third-order valence-corrected chi connectivity index (χ3v) is 3.34. The molecule has 0 aliphatic rings. The van der Waals surface area contributed by atoms with Crippen LogP contribution in [0.2, 0.25) is 0 Å². The molecule has 0 radical (unpaired) electrons. The van der Waals surface area contributed by atoms with Crippen molar-refractivity contribution in [3.8, 4) is 17.2 Å². The summed E-state index contributed by atoms with van der Waals surface area (Å²) in [6.45, 7) is 5.54. The molecule has 2 aromatic heterocycles. The molecule has 0 fully saturated rings. The first-order valence-electron chi connectivity index (χ1n) is 7.63. The molecular weight excluding hydrogens is 308 g/mol. The number of hydrogen-bond acceptors (Lipinski definition) is 5. The molecule has 2 heterocycles. The Morgan fingerprint density at radius 1 is 1.21 bits per heavy atom. The molecule has 0 unspecified atom stereocenters. The van der Waals surface area contributed by atoms with Crippen LogP contribution in [0.5, 0.6) is 5.75 Å². The van der Waals surface area contributed by atoms with Crippen LogP contribution >= 0.6 is 0 Å². The third-order valence-electron chi connectivity index (χ3n) is 3.34. The Kier molecular flexibility index (Phi) is 4.37. The van der Waals surface area contributed by atoms with Gasteiger partial charge in [0.2, 0.25) is 0 Å². The van der Waals surface area contributed by atoms with Crippen LogP contribution in [0.4, 0.5) is 5.69 Å². The zero-order chi connectivity index (χ0) is 17.1. The van der Waals surface area contributed by atoms with Crippen LogP contribution in [0, 0.1) is 6.92 Å². The average molecular weight is 326 g/mol. The molecule has 3 aromatic rings. The summed E-state index contributed by atoms with van der Waals surface area (Å²) in [5.41, 5.74) is 1.30. The van der Waals surface area contributed by atoms with E-state index in [1.165, 1.54) is 6.26 Å². The second-order valence-electron chi connectivity index (χ2n) is 5.56. The fourth-order valence-electron chi connectivity index (χ4n) is 2.33. The lowest BCUT2D eigenvalue weighted by Gasteiger charge is -2.14. The number of carbonyl (C=O) groups excluding carboxylic acids is 1. The van der Waals surface area contributed by atoms with Gasteiger partial charge in [0.05, 0.1) is 18.1 Å². The standard InChI is InChI=1S/C18H18N2O4/c1-11(2)23-14-8-5-4-7-13(14)19-18(21)16-12(3)24-20-17(16)15-9-6-10-22-15/h4-11H,1-3H3,(H,19,21). The minimum Gasteiger partial charge on any atom is -0.489 e. The fraction of sp³-hybridized carbons (Fsp3) is 0.222. The quantitative estimate of drug-likeness (QED) is 0.757. The maximum absolute atomic E-state index is 12.7. The van der Waals surface area contributed by atoms with Gasteiger partial charge in [-0.25, -0.2) is 0 Å². The van der Waals surface area contributed by atoms with E-state index in [1.54, 1.807) is 25.1 Å². The van der Waals surface area contributed by atoms with Gasteiger partial charge in [-0.15, -0.1) is 0 Å². The number of anilines is 1. The van der Waals surface area contributed by atoms with E-state index < -0.39 is 0 Å². The Hall–Kier alpha value is -3.02. The molecule has 6 heteroatoms. The van der Waals surface area contributed by atoms with Crippen LogP contribution in [0.1, 0.15) is 30.0 Å². The molecule has 1 amide bonds. The molecular formula is C18H18N2O4. The zero-order valence-corrected chi connectivity index (χ0v) is 13.7. The van der Waals surface area contributed by atoms with Crippen molar-refractivity contribution in [3.05, 3.63) is 54.0 Å². The van der Waals surface area contributed by atoms with Crippen molar-refractivity contribution in [2.45, 2.75) is 26.9 Å². The molecule has 1 aromatic carbocycles. The molecule has 0 saturated heterocycles. The molecule has 0 spiro atoms. The largest absolute Gasteiger partial charge is 0.489 e. The Morgan fingerprint density at radius 2 is 2.00 bits per heavy atom. The number of nitrogens with one attached hydrogen (secondary N) is 1. The van der Waals surface area contributed by atoms with Gasteiger partial charge >= 0.3 is 0 Å². The van der Waals surface area contributed by atoms with Crippen LogP contribution in [0.25, 0.3) is 11.5 Å². The second-order valence-corrected chi connectivity index (χ2v) is 5.56. The van der Waals surface area contributed by atoms with Gasteiger partial charge in [0.1, 0.15) is 17.1 Å². The topological polar surface area (TPSA) is 77.5 Å². The SMILES string of the molecule is Cc1onc(-c2ccco2)c1C(=O)Nc1ccccc1OC(C)C. The van der Waals surface area contributed by atoms with Crippen LogP contribution in [-0.4, -0.2) is 17.2 Å². The molecule has 1 N–H and O–H groups in total. The molecule has 3 rings (SSSR count). The first kappa shape index (κ1) is 15.9. The van der Waals surface area contributed by atoms with E-state index in [9.17, 15) is 4.79 Å². The Bertz CT molecular complexity index is 835. The lowest BCUT2D eigenvalue weighted by atomic mass is 10.1. The number of furan rings is 1. The normalized spacial score (nSPS) is 10.8. The summed E-state index contributed by atoms with van der Waals surface area (Å²) >= 11 is 0. The first-order chi connectivity index (χ1) is 11.6. The predicted octanol–water partition coefficient (Wildman–Crippen LogP) is 4.28. The fourth-order valence-corrected chi connectivity index (χ4v) is 2.33. The van der Waals surface area contributed by atoms with E-state index in [2.05, 4.69) is 10.5 Å². The van der Waals surface area contributed by atoms with Gasteiger partial charge in [-0.2, -0.15) is 0 Å². The van der Waals surface area contributed by atoms with Gasteiger partial charge in [0.25, 0.3) is 5.91 Å². The molecule has 6 nitrogen and oxygen atoms in total. The highest BCUT2D eigenvalue weighted by Crippen LogP contribution is 2.29. The highest BCUT2D eigenvalue weighted by molar-refractivity contribution is 6.09. The van der Waals surface area contributed by atoms with E-state index >= 15 is 0 Å². The summed E-state index contributed by atoms with van der Waals surface area (Å²) in [5.74, 6) is 1.17. The number of amides is 1. The van der Waals surface area contributed by atoms with Crippen molar-refractivity contribution in [3.63, 3.8) is 0 Å². The highest BCUT2D eigenvalue weighted by Gasteiger charge is 2.24. The number of carbonyl (C=O) groups is 1. The number of para-hydroxylation sites is 2. The Labute approximate surface area is 139 Å². The van der Waals surface area contributed by atoms with E-state index in [4.69, 9.17) is 13.7 Å². The molecule has 24 heavy (non-hydrogen) atoms. The van der Waals surface area contributed by atoms with Gasteiger partial charge in [0.15, 0.2) is 11.5 Å². The molecule has 0 saturated carbocycles. The first-order valence-corrected chi connectivity index (χ1v) is 7.63. The number of rotatable bonds is 5. The summed E-state index contributed by atoms with van der Waals surface area (Å²) in [6.07, 6.45) is 1.52. The zero-order valence-electron chi connectivity index (χ0n) is 13.7. The summed E-state index contributed by atoms with van der Waals surface area (Å²) < 4.78 is 16.2. The van der Waals surface area contributed by atoms with Crippen LogP contribution in [0.15, 0.2) is 51.6 Å². The van der Waals surface area contributed by atoms with Crippen molar-refractivity contribution in [2.24, 2.45) is 0 Å². The predicted molar refractivity (Wildman–Crippen MR) is 89.1 cm³/mol. The summed E-state index contributed by atoms with van der Waals surface area (Å²) in [6, 6.07) is 10.7. The lowest BCUT2D eigenvalue weighted by molar-refractivity contribution is 0.102. The van der Waals surface area contributed by atoms with Crippen LogP contribution in [-0.2, 0) is 0 Å². The van der Waals surface area contributed by atoms with Crippen LogP contribution in [0.3, 0.4) is 0 Å². The Balaban J connectivity index is 1.91. The number of hydrogen-bond donors (Lipinski definition) is 1. The number of nitrogens with zero attached hydrogens (tertiary/aromatic N) is 1. The van der Waals surface area contributed by atoms with Gasteiger partial charge in [-0.3, -0.25) is 4.79 Å². The van der Waals surface area contributed by atoms with E-state index in [-0.39, 0.29) is 12.0 Å². The van der Waals surface area contributed by atoms with Gasteiger partial charge in [-0.1, -0.05) is 17.3 Å². The van der Waals surface area contributed by atoms with Crippen LogP contribution < -0.4 is 10.1 Å². The average Bonchev–Trinajstić information content (AvgIpc) is 3.17. The van der Waals surface area contributed by atoms with Crippen molar-refractivity contribution in [2.75, 3.05) is 5.32 Å². The van der Waals surface area contributed by atoms with E-state index in [0.29, 0.717) is 34.2 Å². The second kappa shape index (κ2) is 6.62. The molecule has 0 bridgehead atoms. The minimum atomic E-state index is -0.333. The van der Waals surface area contributed by atoms with E-state index in [0.717, 1.165) is 0 Å². The van der Waals surface area contributed by atoms with Gasteiger partial charge in [0, 0.05) is 0 Å². The molecule has 0 atom stereocenters. The molecule has 124 valence electrons. The summed E-state index contributed by atoms with van der Waals surface area (Å²) in [7, 11) is 0. The van der Waals surface area contributed by atoms with Crippen molar-refractivity contribution in [1.29, 1.82) is 0 Å². The smallest absolute Gasteiger partial charge is 0.261 e. The maximum Gasteiger partial charge on any atom is 0.261 e. The number of ether oxygens (including phenoxy) is 1. The summed E-state index contributed by atoms with van der Waals surface area (Å²) in [4.78, 5) is 12.7. The molecule has 0 aliphatic heterocycles. The van der Waals surface area contributed by atoms with Crippen molar-refractivity contribution in [1.82, 2.24) is 5.16 Å². The van der Waals surface area contributed by atoms with E-state index in [1.807, 2.05) is 32.0 Å². The number of aromatic nitrogens is 1. The van der Waals surface area contributed by atoms with Crippen molar-refractivity contribution >= 4 is 11.6 Å².